The molecular formula is C23H25N5O2. The third kappa shape index (κ3) is 4.25. The summed E-state index contributed by atoms with van der Waals surface area (Å²) >= 11 is 0. The summed E-state index contributed by atoms with van der Waals surface area (Å²) in [4.78, 5) is 35.9. The molecule has 30 heavy (non-hydrogen) atoms. The van der Waals surface area contributed by atoms with E-state index in [-0.39, 0.29) is 24.3 Å². The number of nitrogens with zero attached hydrogens (tertiary/aromatic N) is 4. The molecule has 2 amide bonds. The Morgan fingerprint density at radius 2 is 2.07 bits per heavy atom. The third-order valence-corrected chi connectivity index (χ3v) is 5.36. The number of hydrogen-bond acceptors (Lipinski definition) is 4. The molecular weight excluding hydrogens is 378 g/mol. The molecule has 1 N–H and O–H groups in total. The van der Waals surface area contributed by atoms with E-state index in [9.17, 15) is 9.59 Å². The van der Waals surface area contributed by atoms with Crippen LogP contribution in [0, 0.1) is 6.92 Å². The summed E-state index contributed by atoms with van der Waals surface area (Å²) in [5.74, 6) is 0.739. The molecule has 7 nitrogen and oxygen atoms in total. The zero-order valence-corrected chi connectivity index (χ0v) is 17.2. The number of pyridine rings is 1. The lowest BCUT2D eigenvalue weighted by atomic mass is 10.1. The highest BCUT2D eigenvalue weighted by Crippen LogP contribution is 2.26. The fourth-order valence-electron chi connectivity index (χ4n) is 3.78. The summed E-state index contributed by atoms with van der Waals surface area (Å²) in [6, 6.07) is 11.3. The van der Waals surface area contributed by atoms with Gasteiger partial charge in [-0.15, -0.1) is 0 Å². The Hall–Kier alpha value is -3.48. The molecule has 2 aromatic heterocycles. The average molecular weight is 403 g/mol. The number of amides is 2. The first-order valence-electron chi connectivity index (χ1n) is 10.1. The summed E-state index contributed by atoms with van der Waals surface area (Å²) in [5.41, 5.74) is 3.42. The van der Waals surface area contributed by atoms with E-state index in [1.54, 1.807) is 12.4 Å². The smallest absolute Gasteiger partial charge is 0.254 e. The molecule has 0 unspecified atom stereocenters. The number of aromatic nitrogens is 3. The second kappa shape index (κ2) is 8.49. The molecule has 3 heterocycles. The normalized spacial score (nSPS) is 15.5. The van der Waals surface area contributed by atoms with Crippen molar-refractivity contribution >= 4 is 11.8 Å². The molecule has 154 valence electrons. The number of carbonyl (C=O) groups is 2. The van der Waals surface area contributed by atoms with Gasteiger partial charge in [-0.1, -0.05) is 23.8 Å². The lowest BCUT2D eigenvalue weighted by molar-refractivity contribution is -0.120. The maximum Gasteiger partial charge on any atom is 0.254 e. The number of aryl methyl sites for hydroxylation is 1. The van der Waals surface area contributed by atoms with Crippen molar-refractivity contribution in [3.8, 4) is 0 Å². The average Bonchev–Trinajstić information content (AvgIpc) is 3.16. The Balaban J connectivity index is 1.42. The summed E-state index contributed by atoms with van der Waals surface area (Å²) in [7, 11) is 0. The maximum absolute atomic E-state index is 13.0. The highest BCUT2D eigenvalue weighted by molar-refractivity contribution is 5.94. The van der Waals surface area contributed by atoms with E-state index in [4.69, 9.17) is 0 Å². The highest BCUT2D eigenvalue weighted by atomic mass is 16.2. The first-order chi connectivity index (χ1) is 14.5. The third-order valence-electron chi connectivity index (χ3n) is 5.36. The minimum atomic E-state index is -0.154. The van der Waals surface area contributed by atoms with E-state index >= 15 is 0 Å². The van der Waals surface area contributed by atoms with Gasteiger partial charge in [0, 0.05) is 43.8 Å². The van der Waals surface area contributed by atoms with Crippen molar-refractivity contribution in [2.75, 3.05) is 6.54 Å². The van der Waals surface area contributed by atoms with Crippen LogP contribution in [-0.2, 0) is 24.3 Å². The van der Waals surface area contributed by atoms with Gasteiger partial charge in [0.1, 0.15) is 5.82 Å². The molecule has 0 fully saturated rings. The van der Waals surface area contributed by atoms with Crippen LogP contribution in [0.25, 0.3) is 0 Å². The largest absolute Gasteiger partial charge is 0.352 e. The van der Waals surface area contributed by atoms with Crippen LogP contribution in [0.5, 0.6) is 0 Å². The van der Waals surface area contributed by atoms with Crippen LogP contribution in [0.15, 0.2) is 55.0 Å². The summed E-state index contributed by atoms with van der Waals surface area (Å²) in [5, 5.41) is 2.90. The molecule has 0 spiro atoms. The van der Waals surface area contributed by atoms with Crippen molar-refractivity contribution in [2.45, 2.75) is 39.4 Å². The number of carbonyl (C=O) groups excluding carboxylic acids is 2. The first-order valence-corrected chi connectivity index (χ1v) is 10.1. The van der Waals surface area contributed by atoms with Gasteiger partial charge in [0.2, 0.25) is 5.91 Å². The van der Waals surface area contributed by atoms with Gasteiger partial charge in [0.05, 0.1) is 18.2 Å². The summed E-state index contributed by atoms with van der Waals surface area (Å²) in [6.07, 6.45) is 5.56. The lowest BCUT2D eigenvalue weighted by Crippen LogP contribution is -2.41. The molecule has 0 radical (unpaired) electrons. The van der Waals surface area contributed by atoms with Crippen molar-refractivity contribution in [3.05, 3.63) is 83.2 Å². The molecule has 1 aliphatic heterocycles. The SMILES string of the molecule is Cc1cccc(C(=O)N2CCn3cc(CC(=O)NCc4cccnc4)nc3[C@@H]2C)c1. The number of fused-ring (bicyclic) bond motifs is 1. The molecule has 0 bridgehead atoms. The van der Waals surface area contributed by atoms with Crippen LogP contribution in [-0.4, -0.2) is 37.8 Å². The number of rotatable bonds is 5. The minimum Gasteiger partial charge on any atom is -0.352 e. The first kappa shape index (κ1) is 19.8. The van der Waals surface area contributed by atoms with Crippen LogP contribution in [0.1, 0.15) is 46.0 Å². The van der Waals surface area contributed by atoms with Crippen molar-refractivity contribution in [1.29, 1.82) is 0 Å². The summed E-state index contributed by atoms with van der Waals surface area (Å²) in [6.45, 7) is 5.69. The fraction of sp³-hybridized carbons (Fsp3) is 0.304. The van der Waals surface area contributed by atoms with Crippen LogP contribution in [0.4, 0.5) is 0 Å². The highest BCUT2D eigenvalue weighted by Gasteiger charge is 2.30. The van der Waals surface area contributed by atoms with E-state index in [0.717, 1.165) is 17.0 Å². The Bertz CT molecular complexity index is 1060. The number of nitrogens with one attached hydrogen (secondary N) is 1. The van der Waals surface area contributed by atoms with Gasteiger partial charge in [-0.2, -0.15) is 0 Å². The van der Waals surface area contributed by atoms with E-state index in [2.05, 4.69) is 19.9 Å². The van der Waals surface area contributed by atoms with Gasteiger partial charge in [-0.05, 0) is 37.6 Å². The van der Waals surface area contributed by atoms with Crippen molar-refractivity contribution in [2.24, 2.45) is 0 Å². The summed E-state index contributed by atoms with van der Waals surface area (Å²) < 4.78 is 2.05. The number of imidazole rings is 1. The number of benzene rings is 1. The van der Waals surface area contributed by atoms with Crippen LogP contribution in [0.2, 0.25) is 0 Å². The van der Waals surface area contributed by atoms with Crippen LogP contribution < -0.4 is 5.32 Å². The molecule has 0 aliphatic carbocycles. The van der Waals surface area contributed by atoms with E-state index in [1.165, 1.54) is 0 Å². The lowest BCUT2D eigenvalue weighted by Gasteiger charge is -2.33. The second-order valence-corrected chi connectivity index (χ2v) is 7.64. The Morgan fingerprint density at radius 1 is 1.20 bits per heavy atom. The van der Waals surface area contributed by atoms with Crippen molar-refractivity contribution in [1.82, 2.24) is 24.8 Å². The zero-order chi connectivity index (χ0) is 21.1. The van der Waals surface area contributed by atoms with Gasteiger partial charge in [-0.3, -0.25) is 14.6 Å². The van der Waals surface area contributed by atoms with Crippen molar-refractivity contribution < 1.29 is 9.59 Å². The van der Waals surface area contributed by atoms with E-state index < -0.39 is 0 Å². The van der Waals surface area contributed by atoms with Gasteiger partial charge in [0.25, 0.3) is 5.91 Å². The van der Waals surface area contributed by atoms with Crippen molar-refractivity contribution in [3.63, 3.8) is 0 Å². The van der Waals surface area contributed by atoms with Gasteiger partial charge in [-0.25, -0.2) is 4.98 Å². The molecule has 0 saturated heterocycles. The predicted octanol–water partition coefficient (Wildman–Crippen LogP) is 2.66. The molecule has 7 heteroatoms. The van der Waals surface area contributed by atoms with Gasteiger partial charge >= 0.3 is 0 Å². The van der Waals surface area contributed by atoms with Crippen LogP contribution in [0.3, 0.4) is 0 Å². The molecule has 1 aliphatic rings. The number of hydrogen-bond donors (Lipinski definition) is 1. The molecule has 4 rings (SSSR count). The standard InChI is InChI=1S/C23H25N5O2/c1-16-5-3-7-19(11-16)23(30)28-10-9-27-15-20(26-22(27)17(28)2)12-21(29)25-14-18-6-4-8-24-13-18/h3-8,11,13,15,17H,9-10,12,14H2,1-2H3,(H,25,29)/t17-/m0/s1. The fourth-order valence-corrected chi connectivity index (χ4v) is 3.78. The molecule has 1 aromatic carbocycles. The minimum absolute atomic E-state index is 0.0104. The Kier molecular flexibility index (Phi) is 5.61. The van der Waals surface area contributed by atoms with Crippen LogP contribution >= 0.6 is 0 Å². The van der Waals surface area contributed by atoms with Gasteiger partial charge in [0.15, 0.2) is 0 Å². The molecule has 3 aromatic rings. The molecule has 0 saturated carbocycles. The van der Waals surface area contributed by atoms with E-state index in [0.29, 0.717) is 30.9 Å². The Morgan fingerprint density at radius 3 is 2.83 bits per heavy atom. The quantitative estimate of drug-likeness (QED) is 0.710. The maximum atomic E-state index is 13.0. The zero-order valence-electron chi connectivity index (χ0n) is 17.2. The monoisotopic (exact) mass is 403 g/mol. The predicted molar refractivity (Wildman–Crippen MR) is 113 cm³/mol. The van der Waals surface area contributed by atoms with Gasteiger partial charge < -0.3 is 14.8 Å². The Labute approximate surface area is 175 Å². The molecule has 1 atom stereocenters. The topological polar surface area (TPSA) is 80.1 Å². The second-order valence-electron chi connectivity index (χ2n) is 7.64. The van der Waals surface area contributed by atoms with E-state index in [1.807, 2.05) is 61.3 Å².